The van der Waals surface area contributed by atoms with E-state index in [1.165, 1.54) is 19.3 Å². The van der Waals surface area contributed by atoms with Gasteiger partial charge < -0.3 is 16.8 Å². The van der Waals surface area contributed by atoms with Crippen molar-refractivity contribution in [2.75, 3.05) is 6.54 Å². The van der Waals surface area contributed by atoms with E-state index >= 15 is 0 Å². The zero-order valence-electron chi connectivity index (χ0n) is 9.81. The van der Waals surface area contributed by atoms with E-state index < -0.39 is 5.54 Å². The molecule has 4 heteroatoms. The molecule has 0 spiro atoms. The second-order valence-electron chi connectivity index (χ2n) is 5.33. The number of carbonyl (C=O) groups is 1. The van der Waals surface area contributed by atoms with Gasteiger partial charge in [-0.25, -0.2) is 0 Å². The average Bonchev–Trinajstić information content (AvgIpc) is 2.14. The van der Waals surface area contributed by atoms with Crippen LogP contribution in [0.15, 0.2) is 0 Å². The summed E-state index contributed by atoms with van der Waals surface area (Å²) in [5.41, 5.74) is 10.9. The van der Waals surface area contributed by atoms with Crippen LogP contribution >= 0.6 is 0 Å². The van der Waals surface area contributed by atoms with Crippen LogP contribution in [0.5, 0.6) is 0 Å². The van der Waals surface area contributed by atoms with Crippen LogP contribution in [-0.4, -0.2) is 23.5 Å². The smallest absolute Gasteiger partial charge is 0.239 e. The number of amides is 1. The van der Waals surface area contributed by atoms with Crippen molar-refractivity contribution in [2.24, 2.45) is 11.5 Å². The largest absolute Gasteiger partial charge is 0.353 e. The molecule has 0 bridgehead atoms. The van der Waals surface area contributed by atoms with E-state index in [1.54, 1.807) is 13.8 Å². The van der Waals surface area contributed by atoms with Gasteiger partial charge in [-0.15, -0.1) is 0 Å². The lowest BCUT2D eigenvalue weighted by Gasteiger charge is -2.34. The molecule has 0 heterocycles. The fraction of sp³-hybridized carbons (Fsp3) is 0.909. The molecule has 0 unspecified atom stereocenters. The van der Waals surface area contributed by atoms with E-state index in [0.717, 1.165) is 12.8 Å². The quantitative estimate of drug-likeness (QED) is 0.638. The standard InChI is InChI=1S/C11H23N3O/c1-10(2,12)9(15)14-8-11(13)6-4-3-5-7-11/h3-8,12-13H2,1-2H3,(H,14,15). The van der Waals surface area contributed by atoms with E-state index in [0.29, 0.717) is 6.54 Å². The SMILES string of the molecule is CC(C)(N)C(=O)NCC1(N)CCCCC1. The fourth-order valence-corrected chi connectivity index (χ4v) is 1.92. The Balaban J connectivity index is 2.38. The Morgan fingerprint density at radius 3 is 2.33 bits per heavy atom. The molecular formula is C11H23N3O. The lowest BCUT2D eigenvalue weighted by Crippen LogP contribution is -2.56. The maximum absolute atomic E-state index is 11.6. The fourth-order valence-electron chi connectivity index (χ4n) is 1.92. The van der Waals surface area contributed by atoms with Gasteiger partial charge in [0.25, 0.3) is 0 Å². The first-order valence-electron chi connectivity index (χ1n) is 5.70. The van der Waals surface area contributed by atoms with Gasteiger partial charge in [0.15, 0.2) is 0 Å². The average molecular weight is 213 g/mol. The summed E-state index contributed by atoms with van der Waals surface area (Å²) in [6, 6.07) is 0. The Kier molecular flexibility index (Phi) is 3.73. The van der Waals surface area contributed by atoms with Gasteiger partial charge in [0.05, 0.1) is 5.54 Å². The molecule has 0 aromatic carbocycles. The summed E-state index contributed by atoms with van der Waals surface area (Å²) >= 11 is 0. The van der Waals surface area contributed by atoms with E-state index in [2.05, 4.69) is 5.32 Å². The molecule has 1 rings (SSSR count). The zero-order valence-corrected chi connectivity index (χ0v) is 9.81. The van der Waals surface area contributed by atoms with Crippen molar-refractivity contribution < 1.29 is 4.79 Å². The summed E-state index contributed by atoms with van der Waals surface area (Å²) in [5, 5.41) is 2.84. The number of nitrogens with two attached hydrogens (primary N) is 2. The van der Waals surface area contributed by atoms with Gasteiger partial charge in [-0.2, -0.15) is 0 Å². The number of hydrogen-bond donors (Lipinski definition) is 3. The zero-order chi connectivity index (χ0) is 11.5. The highest BCUT2D eigenvalue weighted by Crippen LogP contribution is 2.25. The predicted molar refractivity (Wildman–Crippen MR) is 61.3 cm³/mol. The molecule has 1 fully saturated rings. The van der Waals surface area contributed by atoms with Gasteiger partial charge >= 0.3 is 0 Å². The molecule has 0 aliphatic heterocycles. The van der Waals surface area contributed by atoms with E-state index in [9.17, 15) is 4.79 Å². The summed E-state index contributed by atoms with van der Waals surface area (Å²) < 4.78 is 0. The molecule has 0 radical (unpaired) electrons. The minimum Gasteiger partial charge on any atom is -0.353 e. The van der Waals surface area contributed by atoms with Gasteiger partial charge in [0, 0.05) is 12.1 Å². The van der Waals surface area contributed by atoms with Crippen LogP contribution < -0.4 is 16.8 Å². The number of rotatable bonds is 3. The van der Waals surface area contributed by atoms with Crippen molar-refractivity contribution in [3.8, 4) is 0 Å². The first-order chi connectivity index (χ1) is 6.83. The highest BCUT2D eigenvalue weighted by Gasteiger charge is 2.30. The molecule has 0 aromatic rings. The lowest BCUT2D eigenvalue weighted by molar-refractivity contribution is -0.125. The number of nitrogens with one attached hydrogen (secondary N) is 1. The summed E-state index contributed by atoms with van der Waals surface area (Å²) in [4.78, 5) is 11.6. The molecule has 1 amide bonds. The topological polar surface area (TPSA) is 81.1 Å². The van der Waals surface area contributed by atoms with Gasteiger partial charge in [-0.05, 0) is 26.7 Å². The Morgan fingerprint density at radius 1 is 1.33 bits per heavy atom. The third kappa shape index (κ3) is 3.80. The summed E-state index contributed by atoms with van der Waals surface area (Å²) in [6.45, 7) is 3.95. The van der Waals surface area contributed by atoms with Crippen LogP contribution in [0.4, 0.5) is 0 Å². The first-order valence-corrected chi connectivity index (χ1v) is 5.70. The molecule has 5 N–H and O–H groups in total. The van der Waals surface area contributed by atoms with E-state index in [4.69, 9.17) is 11.5 Å². The van der Waals surface area contributed by atoms with Crippen molar-refractivity contribution in [3.05, 3.63) is 0 Å². The monoisotopic (exact) mass is 213 g/mol. The predicted octanol–water partition coefficient (Wildman–Crippen LogP) is 0.502. The molecular weight excluding hydrogens is 190 g/mol. The third-order valence-corrected chi connectivity index (χ3v) is 3.04. The minimum atomic E-state index is -0.814. The minimum absolute atomic E-state index is 0.127. The molecule has 1 saturated carbocycles. The van der Waals surface area contributed by atoms with Gasteiger partial charge in [-0.3, -0.25) is 4.79 Å². The lowest BCUT2D eigenvalue weighted by atomic mass is 9.82. The van der Waals surface area contributed by atoms with Crippen molar-refractivity contribution in [2.45, 2.75) is 57.0 Å². The highest BCUT2D eigenvalue weighted by atomic mass is 16.2. The first kappa shape index (κ1) is 12.5. The Labute approximate surface area is 91.8 Å². The summed E-state index contributed by atoms with van der Waals surface area (Å²) in [6.07, 6.45) is 5.59. The Bertz CT molecular complexity index is 226. The van der Waals surface area contributed by atoms with E-state index in [-0.39, 0.29) is 11.4 Å². The summed E-state index contributed by atoms with van der Waals surface area (Å²) in [7, 11) is 0. The van der Waals surface area contributed by atoms with Crippen LogP contribution in [-0.2, 0) is 4.79 Å². The number of carbonyl (C=O) groups excluding carboxylic acids is 1. The van der Waals surface area contributed by atoms with E-state index in [1.807, 2.05) is 0 Å². The molecule has 4 nitrogen and oxygen atoms in total. The van der Waals surface area contributed by atoms with Crippen molar-refractivity contribution >= 4 is 5.91 Å². The normalized spacial score (nSPS) is 21.1. The Morgan fingerprint density at radius 2 is 1.87 bits per heavy atom. The maximum Gasteiger partial charge on any atom is 0.239 e. The van der Waals surface area contributed by atoms with Gasteiger partial charge in [0.1, 0.15) is 0 Å². The molecule has 88 valence electrons. The van der Waals surface area contributed by atoms with Crippen LogP contribution in [0, 0.1) is 0 Å². The Hall–Kier alpha value is -0.610. The summed E-state index contributed by atoms with van der Waals surface area (Å²) in [5.74, 6) is -0.127. The molecule has 0 aromatic heterocycles. The van der Waals surface area contributed by atoms with Crippen molar-refractivity contribution in [3.63, 3.8) is 0 Å². The number of hydrogen-bond acceptors (Lipinski definition) is 3. The second-order valence-corrected chi connectivity index (χ2v) is 5.33. The van der Waals surface area contributed by atoms with Crippen LogP contribution in [0.3, 0.4) is 0 Å². The van der Waals surface area contributed by atoms with Crippen LogP contribution in [0.2, 0.25) is 0 Å². The molecule has 0 saturated heterocycles. The van der Waals surface area contributed by atoms with Gasteiger partial charge in [-0.1, -0.05) is 19.3 Å². The van der Waals surface area contributed by atoms with Crippen molar-refractivity contribution in [1.29, 1.82) is 0 Å². The molecule has 15 heavy (non-hydrogen) atoms. The molecule has 1 aliphatic rings. The van der Waals surface area contributed by atoms with Gasteiger partial charge in [0.2, 0.25) is 5.91 Å². The van der Waals surface area contributed by atoms with Crippen LogP contribution in [0.25, 0.3) is 0 Å². The highest BCUT2D eigenvalue weighted by molar-refractivity contribution is 5.85. The molecule has 0 atom stereocenters. The maximum atomic E-state index is 11.6. The van der Waals surface area contributed by atoms with Crippen molar-refractivity contribution in [1.82, 2.24) is 5.32 Å². The van der Waals surface area contributed by atoms with Crippen LogP contribution in [0.1, 0.15) is 46.0 Å². The molecule has 1 aliphatic carbocycles. The third-order valence-electron chi connectivity index (χ3n) is 3.04. The second kappa shape index (κ2) is 4.49.